The van der Waals surface area contributed by atoms with E-state index < -0.39 is 17.6 Å². The summed E-state index contributed by atoms with van der Waals surface area (Å²) in [7, 11) is -2.50. The lowest BCUT2D eigenvalue weighted by atomic mass is 10.1. The van der Waals surface area contributed by atoms with E-state index >= 15 is 0 Å². The van der Waals surface area contributed by atoms with E-state index in [9.17, 15) is 0 Å². The summed E-state index contributed by atoms with van der Waals surface area (Å²) < 4.78 is 38.2. The first-order valence-corrected chi connectivity index (χ1v) is 21.3. The topological polar surface area (TPSA) is 55.4 Å². The Bertz CT molecular complexity index is 982. The standard InChI is InChI=1S/C32H54O6S2Si2/c1-11-19-27-29(41(33-13-3,34-14-4)35-15-5)23-21-25(9)31(27)39-40-32-26(10)22-24-30(28(32)20-12-2)42(36-16-6,37-17-7)38-18-8/h21-24H,11-20H2,1-10H3. The van der Waals surface area contributed by atoms with Gasteiger partial charge in [0, 0.05) is 59.8 Å². The van der Waals surface area contributed by atoms with Crippen LogP contribution in [0.1, 0.15) is 90.5 Å². The highest BCUT2D eigenvalue weighted by Gasteiger charge is 2.47. The molecule has 0 amide bonds. The molecule has 0 N–H and O–H groups in total. The number of benzene rings is 2. The van der Waals surface area contributed by atoms with Gasteiger partial charge in [0.2, 0.25) is 0 Å². The molecule has 0 aliphatic rings. The summed E-state index contributed by atoms with van der Waals surface area (Å²) >= 11 is 0. The lowest BCUT2D eigenvalue weighted by Gasteiger charge is -2.32. The van der Waals surface area contributed by atoms with Gasteiger partial charge in [0.1, 0.15) is 0 Å². The maximum Gasteiger partial charge on any atom is 0.537 e. The quantitative estimate of drug-likeness (QED) is 0.101. The van der Waals surface area contributed by atoms with Crippen molar-refractivity contribution in [3.63, 3.8) is 0 Å². The van der Waals surface area contributed by atoms with Gasteiger partial charge in [-0.25, -0.2) is 0 Å². The highest BCUT2D eigenvalue weighted by Crippen LogP contribution is 2.44. The van der Waals surface area contributed by atoms with Crippen molar-refractivity contribution in [1.29, 1.82) is 0 Å². The Balaban J connectivity index is 2.72. The normalized spacial score (nSPS) is 12.3. The molecule has 0 aliphatic carbocycles. The summed E-state index contributed by atoms with van der Waals surface area (Å²) in [4.78, 5) is 2.54. The minimum atomic E-state index is -3.08. The minimum absolute atomic E-state index is 0.542. The zero-order valence-electron chi connectivity index (χ0n) is 27.6. The van der Waals surface area contributed by atoms with E-state index in [1.165, 1.54) is 32.0 Å². The summed E-state index contributed by atoms with van der Waals surface area (Å²) in [6.45, 7) is 24.2. The van der Waals surface area contributed by atoms with Crippen LogP contribution in [0, 0.1) is 13.8 Å². The average molecular weight is 655 g/mol. The first kappa shape index (κ1) is 37.5. The highest BCUT2D eigenvalue weighted by molar-refractivity contribution is 8.76. The van der Waals surface area contributed by atoms with Gasteiger partial charge < -0.3 is 26.6 Å². The second-order valence-corrected chi connectivity index (χ2v) is 17.0. The molecule has 0 saturated heterocycles. The van der Waals surface area contributed by atoms with Gasteiger partial charge in [0.05, 0.1) is 0 Å². The van der Waals surface area contributed by atoms with Crippen LogP contribution in [0.15, 0.2) is 34.1 Å². The van der Waals surface area contributed by atoms with Gasteiger partial charge in [0.25, 0.3) is 0 Å². The van der Waals surface area contributed by atoms with Crippen LogP contribution in [0.4, 0.5) is 0 Å². The number of rotatable bonds is 21. The maximum atomic E-state index is 6.37. The third kappa shape index (κ3) is 8.96. The molecule has 0 bridgehead atoms. The van der Waals surface area contributed by atoms with E-state index in [4.69, 9.17) is 26.6 Å². The maximum absolute atomic E-state index is 6.37. The van der Waals surface area contributed by atoms with Crippen molar-refractivity contribution in [2.45, 2.75) is 105 Å². The molecule has 42 heavy (non-hydrogen) atoms. The zero-order valence-corrected chi connectivity index (χ0v) is 31.3. The van der Waals surface area contributed by atoms with Crippen molar-refractivity contribution >= 4 is 49.6 Å². The van der Waals surface area contributed by atoms with Gasteiger partial charge in [-0.3, -0.25) is 0 Å². The van der Waals surface area contributed by atoms with Crippen LogP contribution in [-0.2, 0) is 39.4 Å². The van der Waals surface area contributed by atoms with E-state index in [1.807, 2.05) is 63.1 Å². The lowest BCUT2D eigenvalue weighted by molar-refractivity contribution is 0.0849. The van der Waals surface area contributed by atoms with Gasteiger partial charge in [-0.15, -0.1) is 0 Å². The Morgan fingerprint density at radius 2 is 0.762 bits per heavy atom. The molecule has 0 aliphatic heterocycles. The van der Waals surface area contributed by atoms with Gasteiger partial charge in [0.15, 0.2) is 0 Å². The summed E-state index contributed by atoms with van der Waals surface area (Å²) in [5.74, 6) is 0. The molecule has 0 aromatic heterocycles. The summed E-state index contributed by atoms with van der Waals surface area (Å²) in [5, 5.41) is 2.19. The van der Waals surface area contributed by atoms with Crippen LogP contribution in [0.5, 0.6) is 0 Å². The Hall–Kier alpha value is -0.666. The average Bonchev–Trinajstić information content (AvgIpc) is 2.95. The molecular formula is C32H54O6S2Si2. The second kappa shape index (κ2) is 19.0. The van der Waals surface area contributed by atoms with Crippen molar-refractivity contribution in [1.82, 2.24) is 0 Å². The third-order valence-electron chi connectivity index (χ3n) is 6.79. The summed E-state index contributed by atoms with van der Waals surface area (Å²) in [6.07, 6.45) is 3.89. The molecule has 2 aromatic rings. The predicted octanol–water partition coefficient (Wildman–Crippen LogP) is 7.52. The number of hydrogen-bond donors (Lipinski definition) is 0. The van der Waals surface area contributed by atoms with Gasteiger partial charge in [-0.1, -0.05) is 72.5 Å². The fourth-order valence-electron chi connectivity index (χ4n) is 5.23. The molecule has 0 atom stereocenters. The van der Waals surface area contributed by atoms with Crippen molar-refractivity contribution in [3.05, 3.63) is 46.5 Å². The largest absolute Gasteiger partial charge is 0.537 e. The lowest BCUT2D eigenvalue weighted by Crippen LogP contribution is -2.58. The van der Waals surface area contributed by atoms with Crippen LogP contribution in [0.3, 0.4) is 0 Å². The molecule has 0 unspecified atom stereocenters. The summed E-state index contributed by atoms with van der Waals surface area (Å²) in [6, 6.07) is 8.76. The highest BCUT2D eigenvalue weighted by atomic mass is 33.1. The van der Waals surface area contributed by atoms with Crippen LogP contribution in [0.2, 0.25) is 0 Å². The van der Waals surface area contributed by atoms with Gasteiger partial charge >= 0.3 is 17.6 Å². The molecule has 0 radical (unpaired) electrons. The Labute approximate surface area is 266 Å². The third-order valence-corrected chi connectivity index (χ3v) is 15.9. The van der Waals surface area contributed by atoms with E-state index in [1.54, 1.807) is 0 Å². The molecule has 2 aromatic carbocycles. The molecule has 10 heteroatoms. The van der Waals surface area contributed by atoms with E-state index in [-0.39, 0.29) is 0 Å². The molecule has 6 nitrogen and oxygen atoms in total. The fraction of sp³-hybridized carbons (Fsp3) is 0.625. The number of hydrogen-bond acceptors (Lipinski definition) is 8. The molecule has 2 rings (SSSR count). The van der Waals surface area contributed by atoms with E-state index in [0.29, 0.717) is 39.6 Å². The van der Waals surface area contributed by atoms with Crippen LogP contribution in [0.25, 0.3) is 0 Å². The fourth-order valence-corrected chi connectivity index (χ4v) is 14.0. The van der Waals surface area contributed by atoms with Crippen molar-refractivity contribution in [2.75, 3.05) is 39.6 Å². The molecule has 0 fully saturated rings. The second-order valence-electron chi connectivity index (χ2n) is 9.85. The van der Waals surface area contributed by atoms with E-state index in [0.717, 1.165) is 36.1 Å². The minimum Gasteiger partial charge on any atom is -0.370 e. The smallest absolute Gasteiger partial charge is 0.370 e. The van der Waals surface area contributed by atoms with Gasteiger partial charge in [-0.05, 0) is 90.5 Å². The Morgan fingerprint density at radius 3 is 1.00 bits per heavy atom. The summed E-state index contributed by atoms with van der Waals surface area (Å²) in [5.41, 5.74) is 5.06. The van der Waals surface area contributed by atoms with Crippen LogP contribution >= 0.6 is 21.6 Å². The number of aryl methyl sites for hydroxylation is 2. The zero-order chi connectivity index (χ0) is 31.2. The molecule has 0 spiro atoms. The predicted molar refractivity (Wildman–Crippen MR) is 183 cm³/mol. The Morgan fingerprint density at radius 1 is 0.476 bits per heavy atom. The van der Waals surface area contributed by atoms with Crippen molar-refractivity contribution < 1.29 is 26.6 Å². The monoisotopic (exact) mass is 654 g/mol. The van der Waals surface area contributed by atoms with Crippen molar-refractivity contribution in [3.8, 4) is 0 Å². The molecule has 0 heterocycles. The molecule has 0 saturated carbocycles. The Kier molecular flexibility index (Phi) is 17.0. The molecular weight excluding hydrogens is 601 g/mol. The van der Waals surface area contributed by atoms with E-state index in [2.05, 4.69) is 52.0 Å². The van der Waals surface area contributed by atoms with Crippen molar-refractivity contribution in [2.24, 2.45) is 0 Å². The first-order chi connectivity index (χ1) is 20.3. The first-order valence-electron chi connectivity index (χ1n) is 15.7. The van der Waals surface area contributed by atoms with Gasteiger partial charge in [-0.2, -0.15) is 0 Å². The molecule has 238 valence electrons. The van der Waals surface area contributed by atoms with Crippen LogP contribution < -0.4 is 10.4 Å². The van der Waals surface area contributed by atoms with Crippen LogP contribution in [-0.4, -0.2) is 57.3 Å². The SMILES string of the molecule is CCCc1c([Si](OCC)(OCC)OCC)ccc(C)c1SSc1c(C)ccc([Si](OCC)(OCC)OCC)c1CCC.